The van der Waals surface area contributed by atoms with Gasteiger partial charge < -0.3 is 9.47 Å². The van der Waals surface area contributed by atoms with E-state index in [0.29, 0.717) is 31.8 Å². The molecule has 0 aromatic rings. The number of carbonyl (C=O) groups is 2. The molecule has 4 heteroatoms. The Balaban J connectivity index is 3.81. The highest BCUT2D eigenvalue weighted by Crippen LogP contribution is 2.16. The van der Waals surface area contributed by atoms with Gasteiger partial charge in [0.25, 0.3) is 6.47 Å². The maximum atomic E-state index is 11.2. The van der Waals surface area contributed by atoms with Crippen LogP contribution in [0.15, 0.2) is 0 Å². The molecule has 0 aromatic heterocycles. The van der Waals surface area contributed by atoms with Gasteiger partial charge in [-0.2, -0.15) is 0 Å². The molecule has 2 unspecified atom stereocenters. The van der Waals surface area contributed by atoms with Crippen LogP contribution in [0.1, 0.15) is 59.3 Å². The highest BCUT2D eigenvalue weighted by atomic mass is 16.5. The van der Waals surface area contributed by atoms with Crippen LogP contribution in [0.5, 0.6) is 0 Å². The molecular formula is C14H26O4. The number of rotatable bonds is 11. The first-order chi connectivity index (χ1) is 8.63. The highest BCUT2D eigenvalue weighted by molar-refractivity contribution is 5.69. The van der Waals surface area contributed by atoms with E-state index in [1.54, 1.807) is 6.92 Å². The van der Waals surface area contributed by atoms with Crippen LogP contribution in [0.25, 0.3) is 0 Å². The van der Waals surface area contributed by atoms with Crippen LogP contribution in [0.4, 0.5) is 0 Å². The van der Waals surface area contributed by atoms with Gasteiger partial charge >= 0.3 is 5.97 Å². The van der Waals surface area contributed by atoms with Crippen molar-refractivity contribution in [3.8, 4) is 0 Å². The van der Waals surface area contributed by atoms with E-state index in [0.717, 1.165) is 25.7 Å². The molecule has 0 aliphatic carbocycles. The summed E-state index contributed by atoms with van der Waals surface area (Å²) in [4.78, 5) is 21.6. The third kappa shape index (κ3) is 9.02. The van der Waals surface area contributed by atoms with Crippen LogP contribution in [-0.2, 0) is 19.1 Å². The summed E-state index contributed by atoms with van der Waals surface area (Å²) in [7, 11) is 0. The van der Waals surface area contributed by atoms with E-state index in [-0.39, 0.29) is 12.1 Å². The van der Waals surface area contributed by atoms with E-state index in [4.69, 9.17) is 9.47 Å². The van der Waals surface area contributed by atoms with Crippen molar-refractivity contribution in [1.82, 2.24) is 0 Å². The summed E-state index contributed by atoms with van der Waals surface area (Å²) in [5.41, 5.74) is 0. The molecule has 18 heavy (non-hydrogen) atoms. The molecule has 0 aromatic carbocycles. The minimum atomic E-state index is -0.177. The zero-order valence-electron chi connectivity index (χ0n) is 11.8. The molecule has 0 saturated carbocycles. The molecule has 0 rings (SSSR count). The van der Waals surface area contributed by atoms with Gasteiger partial charge in [0.05, 0.1) is 6.61 Å². The molecule has 0 bridgehead atoms. The zero-order valence-corrected chi connectivity index (χ0v) is 11.8. The monoisotopic (exact) mass is 258 g/mol. The number of hydrogen-bond acceptors (Lipinski definition) is 4. The highest BCUT2D eigenvalue weighted by Gasteiger charge is 2.12. The summed E-state index contributed by atoms with van der Waals surface area (Å²) >= 11 is 0. The standard InChI is InChI=1S/C14H26O4/c1-4-12(3)9-10-13(18-11-15)7-6-8-14(16)17-5-2/h11-13H,4-10H2,1-3H3. The molecule has 0 spiro atoms. The molecule has 2 atom stereocenters. The summed E-state index contributed by atoms with van der Waals surface area (Å²) < 4.78 is 9.90. The van der Waals surface area contributed by atoms with E-state index < -0.39 is 0 Å². The fourth-order valence-corrected chi connectivity index (χ4v) is 1.74. The molecule has 0 aliphatic heterocycles. The van der Waals surface area contributed by atoms with Gasteiger partial charge in [0.2, 0.25) is 0 Å². The first-order valence-electron chi connectivity index (χ1n) is 6.88. The van der Waals surface area contributed by atoms with Crippen molar-refractivity contribution in [2.24, 2.45) is 5.92 Å². The zero-order chi connectivity index (χ0) is 13.8. The molecule has 0 radical (unpaired) electrons. The van der Waals surface area contributed by atoms with Crippen molar-refractivity contribution in [1.29, 1.82) is 0 Å². The number of hydrogen-bond donors (Lipinski definition) is 0. The van der Waals surface area contributed by atoms with E-state index in [1.165, 1.54) is 0 Å². The van der Waals surface area contributed by atoms with Crippen LogP contribution in [0.3, 0.4) is 0 Å². The Morgan fingerprint density at radius 1 is 1.22 bits per heavy atom. The molecule has 106 valence electrons. The Labute approximate surface area is 110 Å². The predicted octanol–water partition coefficient (Wildman–Crippen LogP) is 3.09. The fourth-order valence-electron chi connectivity index (χ4n) is 1.74. The second-order valence-corrected chi connectivity index (χ2v) is 4.64. The van der Waals surface area contributed by atoms with Gasteiger partial charge in [0, 0.05) is 6.42 Å². The second-order valence-electron chi connectivity index (χ2n) is 4.64. The molecule has 4 nitrogen and oxygen atoms in total. The lowest BCUT2D eigenvalue weighted by Crippen LogP contribution is -2.14. The van der Waals surface area contributed by atoms with Crippen LogP contribution < -0.4 is 0 Å². The van der Waals surface area contributed by atoms with Gasteiger partial charge in [-0.3, -0.25) is 9.59 Å². The molecule has 0 amide bonds. The molecule has 0 aliphatic rings. The first-order valence-corrected chi connectivity index (χ1v) is 6.88. The lowest BCUT2D eigenvalue weighted by molar-refractivity contribution is -0.143. The van der Waals surface area contributed by atoms with Crippen molar-refractivity contribution >= 4 is 12.4 Å². The Morgan fingerprint density at radius 2 is 1.94 bits per heavy atom. The average molecular weight is 258 g/mol. The van der Waals surface area contributed by atoms with E-state index in [9.17, 15) is 9.59 Å². The second kappa shape index (κ2) is 11.1. The Bertz CT molecular complexity index is 228. The quantitative estimate of drug-likeness (QED) is 0.422. The van der Waals surface area contributed by atoms with Gasteiger partial charge in [-0.05, 0) is 38.5 Å². The largest absolute Gasteiger partial charge is 0.466 e. The van der Waals surface area contributed by atoms with Crippen molar-refractivity contribution in [3.63, 3.8) is 0 Å². The summed E-state index contributed by atoms with van der Waals surface area (Å²) in [5.74, 6) is 0.470. The first kappa shape index (κ1) is 16.9. The fraction of sp³-hybridized carbons (Fsp3) is 0.857. The summed E-state index contributed by atoms with van der Waals surface area (Å²) in [5, 5.41) is 0. The maximum Gasteiger partial charge on any atom is 0.305 e. The normalized spacial score (nSPS) is 13.7. The van der Waals surface area contributed by atoms with Crippen LogP contribution >= 0.6 is 0 Å². The smallest absolute Gasteiger partial charge is 0.305 e. The molecule has 0 saturated heterocycles. The van der Waals surface area contributed by atoms with Gasteiger partial charge in [-0.25, -0.2) is 0 Å². The van der Waals surface area contributed by atoms with Crippen LogP contribution in [0, 0.1) is 5.92 Å². The topological polar surface area (TPSA) is 52.6 Å². The minimum Gasteiger partial charge on any atom is -0.466 e. The van der Waals surface area contributed by atoms with Gasteiger partial charge in [0.1, 0.15) is 6.10 Å². The summed E-state index contributed by atoms with van der Waals surface area (Å²) in [6.45, 7) is 7.06. The number of esters is 1. The number of ether oxygens (including phenoxy) is 2. The number of carbonyl (C=O) groups excluding carboxylic acids is 2. The molecule has 0 N–H and O–H groups in total. The minimum absolute atomic E-state index is 0.0640. The summed E-state index contributed by atoms with van der Waals surface area (Å²) in [6, 6.07) is 0. The van der Waals surface area contributed by atoms with Crippen molar-refractivity contribution in [2.75, 3.05) is 6.61 Å². The Hall–Kier alpha value is -1.06. The molecule has 0 heterocycles. The average Bonchev–Trinajstić information content (AvgIpc) is 2.35. The van der Waals surface area contributed by atoms with Gasteiger partial charge in [-0.1, -0.05) is 20.3 Å². The van der Waals surface area contributed by atoms with Crippen molar-refractivity contribution < 1.29 is 19.1 Å². The molecular weight excluding hydrogens is 232 g/mol. The van der Waals surface area contributed by atoms with Crippen molar-refractivity contribution in [2.45, 2.75) is 65.4 Å². The maximum absolute atomic E-state index is 11.2. The van der Waals surface area contributed by atoms with Crippen molar-refractivity contribution in [3.05, 3.63) is 0 Å². The van der Waals surface area contributed by atoms with E-state index in [2.05, 4.69) is 13.8 Å². The third-order valence-corrected chi connectivity index (χ3v) is 3.14. The van der Waals surface area contributed by atoms with Gasteiger partial charge in [-0.15, -0.1) is 0 Å². The lowest BCUT2D eigenvalue weighted by Gasteiger charge is -2.16. The van der Waals surface area contributed by atoms with Crippen LogP contribution in [-0.4, -0.2) is 25.2 Å². The van der Waals surface area contributed by atoms with Crippen LogP contribution in [0.2, 0.25) is 0 Å². The Morgan fingerprint density at radius 3 is 2.50 bits per heavy atom. The molecule has 0 fully saturated rings. The summed E-state index contributed by atoms with van der Waals surface area (Å²) in [6.07, 6.45) is 4.83. The Kier molecular flexibility index (Phi) is 10.4. The van der Waals surface area contributed by atoms with E-state index in [1.807, 2.05) is 0 Å². The third-order valence-electron chi connectivity index (χ3n) is 3.14. The lowest BCUT2D eigenvalue weighted by atomic mass is 9.98. The van der Waals surface area contributed by atoms with Gasteiger partial charge in [0.15, 0.2) is 0 Å². The van der Waals surface area contributed by atoms with E-state index >= 15 is 0 Å². The SMILES string of the molecule is CCOC(=O)CCCC(CCC(C)CC)OC=O. The predicted molar refractivity (Wildman–Crippen MR) is 70.1 cm³/mol.